The molecule has 0 unspecified atom stereocenters. The number of fused-ring (bicyclic) bond motifs is 1. The molecule has 31 heavy (non-hydrogen) atoms. The van der Waals surface area contributed by atoms with Gasteiger partial charge in [0.25, 0.3) is 0 Å². The molecule has 0 aliphatic carbocycles. The number of rotatable bonds is 7. The third-order valence-corrected chi connectivity index (χ3v) is 7.65. The van der Waals surface area contributed by atoms with E-state index in [1.54, 1.807) is 22.8 Å². The Bertz CT molecular complexity index is 1290. The first kappa shape index (κ1) is 23.2. The topological polar surface area (TPSA) is 104 Å². The van der Waals surface area contributed by atoms with E-state index in [0.29, 0.717) is 10.6 Å². The van der Waals surface area contributed by atoms with Gasteiger partial charge in [-0.3, -0.25) is 9.59 Å². The van der Waals surface area contributed by atoms with Gasteiger partial charge in [-0.15, -0.1) is 0 Å². The number of nitrogens with zero attached hydrogens (tertiary/aromatic N) is 2. The maximum absolute atomic E-state index is 12.5. The van der Waals surface area contributed by atoms with E-state index in [2.05, 4.69) is 20.9 Å². The molecule has 3 aromatic rings. The van der Waals surface area contributed by atoms with E-state index >= 15 is 0 Å². The van der Waals surface area contributed by atoms with Gasteiger partial charge in [0.2, 0.25) is 5.91 Å². The fourth-order valence-electron chi connectivity index (χ4n) is 2.76. The van der Waals surface area contributed by atoms with E-state index in [0.717, 1.165) is 14.7 Å². The van der Waals surface area contributed by atoms with Crippen LogP contribution >= 0.6 is 27.3 Å². The van der Waals surface area contributed by atoms with Crippen LogP contribution < -0.4 is 9.54 Å². The maximum Gasteiger partial charge on any atom is 0.325 e. The third kappa shape index (κ3) is 5.60. The predicted octanol–water partition coefficient (Wildman–Crippen LogP) is 2.94. The molecule has 164 valence electrons. The Kier molecular flexibility index (Phi) is 7.29. The molecule has 0 N–H and O–H groups in total. The van der Waals surface area contributed by atoms with Crippen LogP contribution in [0.4, 0.5) is 0 Å². The van der Waals surface area contributed by atoms with Crippen molar-refractivity contribution in [2.75, 3.05) is 20.0 Å². The molecular formula is C20H19BrN2O6S2. The zero-order valence-electron chi connectivity index (χ0n) is 16.7. The van der Waals surface area contributed by atoms with Crippen molar-refractivity contribution in [2.45, 2.75) is 17.9 Å². The predicted molar refractivity (Wildman–Crippen MR) is 120 cm³/mol. The maximum atomic E-state index is 12.5. The molecule has 1 heterocycles. The van der Waals surface area contributed by atoms with E-state index in [9.17, 15) is 18.0 Å². The molecule has 3 rings (SSSR count). The van der Waals surface area contributed by atoms with Crippen LogP contribution in [0.3, 0.4) is 0 Å². The van der Waals surface area contributed by atoms with E-state index in [1.807, 2.05) is 12.1 Å². The normalized spacial score (nSPS) is 12.2. The Morgan fingerprint density at radius 3 is 2.48 bits per heavy atom. The van der Waals surface area contributed by atoms with Crippen LogP contribution in [0.1, 0.15) is 6.42 Å². The summed E-state index contributed by atoms with van der Waals surface area (Å²) < 4.78 is 38.0. The van der Waals surface area contributed by atoms with E-state index < -0.39 is 21.7 Å². The summed E-state index contributed by atoms with van der Waals surface area (Å²) in [7, 11) is -0.889. The van der Waals surface area contributed by atoms with E-state index in [1.165, 1.54) is 37.7 Å². The minimum Gasteiger partial charge on any atom is -0.497 e. The van der Waals surface area contributed by atoms with Gasteiger partial charge >= 0.3 is 5.97 Å². The Hall–Kier alpha value is -2.50. The van der Waals surface area contributed by atoms with Crippen LogP contribution in [-0.2, 0) is 30.7 Å². The number of hydrogen-bond acceptors (Lipinski definition) is 7. The zero-order valence-corrected chi connectivity index (χ0v) is 19.9. The molecule has 0 aliphatic rings. The van der Waals surface area contributed by atoms with Crippen LogP contribution in [0, 0.1) is 0 Å². The lowest BCUT2D eigenvalue weighted by molar-refractivity contribution is -0.141. The largest absolute Gasteiger partial charge is 0.497 e. The van der Waals surface area contributed by atoms with Gasteiger partial charge in [0, 0.05) is 10.9 Å². The fraction of sp³-hybridized carbons (Fsp3) is 0.250. The SMILES string of the molecule is COC(=O)Cn1c(=NC(=O)CCS(=O)(=O)c2ccc(OC)cc2)sc2cc(Br)ccc21. The smallest absolute Gasteiger partial charge is 0.325 e. The summed E-state index contributed by atoms with van der Waals surface area (Å²) in [5.41, 5.74) is 0.719. The lowest BCUT2D eigenvalue weighted by Crippen LogP contribution is -2.22. The molecule has 1 aromatic heterocycles. The van der Waals surface area contributed by atoms with Crippen LogP contribution in [0.5, 0.6) is 5.75 Å². The molecule has 0 saturated heterocycles. The Labute approximate surface area is 191 Å². The van der Waals surface area contributed by atoms with Crippen LogP contribution in [0.2, 0.25) is 0 Å². The van der Waals surface area contributed by atoms with Gasteiger partial charge in [-0.05, 0) is 42.5 Å². The van der Waals surface area contributed by atoms with Gasteiger partial charge in [0.15, 0.2) is 14.6 Å². The van der Waals surface area contributed by atoms with Crippen molar-refractivity contribution in [3.8, 4) is 5.75 Å². The Morgan fingerprint density at radius 1 is 1.13 bits per heavy atom. The average molecular weight is 527 g/mol. The molecular weight excluding hydrogens is 508 g/mol. The van der Waals surface area contributed by atoms with Gasteiger partial charge in [0.1, 0.15) is 12.3 Å². The fourth-order valence-corrected chi connectivity index (χ4v) is 5.59. The molecule has 8 nitrogen and oxygen atoms in total. The minimum absolute atomic E-state index is 0.105. The summed E-state index contributed by atoms with van der Waals surface area (Å²) in [4.78, 5) is 28.8. The van der Waals surface area contributed by atoms with Crippen molar-refractivity contribution in [1.82, 2.24) is 4.57 Å². The first-order valence-corrected chi connectivity index (χ1v) is 12.3. The molecule has 2 aromatic carbocycles. The molecule has 0 radical (unpaired) electrons. The highest BCUT2D eigenvalue weighted by molar-refractivity contribution is 9.10. The summed E-state index contributed by atoms with van der Waals surface area (Å²) >= 11 is 4.62. The first-order valence-electron chi connectivity index (χ1n) is 9.03. The third-order valence-electron chi connectivity index (χ3n) is 4.38. The minimum atomic E-state index is -3.66. The molecule has 0 atom stereocenters. The lowest BCUT2D eigenvalue weighted by Gasteiger charge is -2.05. The molecule has 1 amide bonds. The highest BCUT2D eigenvalue weighted by atomic mass is 79.9. The number of carbonyl (C=O) groups is 2. The zero-order chi connectivity index (χ0) is 22.6. The highest BCUT2D eigenvalue weighted by Gasteiger charge is 2.17. The summed E-state index contributed by atoms with van der Waals surface area (Å²) in [6.45, 7) is -0.117. The molecule has 11 heteroatoms. The second kappa shape index (κ2) is 9.75. The van der Waals surface area contributed by atoms with Crippen LogP contribution in [0.15, 0.2) is 56.8 Å². The quantitative estimate of drug-likeness (QED) is 0.438. The van der Waals surface area contributed by atoms with Crippen molar-refractivity contribution in [3.63, 3.8) is 0 Å². The van der Waals surface area contributed by atoms with Crippen molar-refractivity contribution >= 4 is 59.2 Å². The van der Waals surface area contributed by atoms with Crippen molar-refractivity contribution in [3.05, 3.63) is 51.7 Å². The van der Waals surface area contributed by atoms with Crippen LogP contribution in [0.25, 0.3) is 10.2 Å². The number of hydrogen-bond donors (Lipinski definition) is 0. The average Bonchev–Trinajstić information content (AvgIpc) is 3.08. The van der Waals surface area contributed by atoms with E-state index in [4.69, 9.17) is 9.47 Å². The number of thiazole rings is 1. The van der Waals surface area contributed by atoms with Gasteiger partial charge in [-0.2, -0.15) is 4.99 Å². The first-order chi connectivity index (χ1) is 14.7. The van der Waals surface area contributed by atoms with Gasteiger partial charge in [0.05, 0.1) is 35.1 Å². The molecule has 0 spiro atoms. The van der Waals surface area contributed by atoms with Gasteiger partial charge in [-0.25, -0.2) is 8.42 Å². The Balaban J connectivity index is 1.85. The number of benzene rings is 2. The summed E-state index contributed by atoms with van der Waals surface area (Å²) in [6.07, 6.45) is -0.287. The number of halogens is 1. The number of aromatic nitrogens is 1. The monoisotopic (exact) mass is 526 g/mol. The number of methoxy groups -OCH3 is 2. The Morgan fingerprint density at radius 2 is 1.84 bits per heavy atom. The van der Waals surface area contributed by atoms with Crippen molar-refractivity contribution < 1.29 is 27.5 Å². The molecule has 0 fully saturated rings. The van der Waals surface area contributed by atoms with Crippen molar-refractivity contribution in [2.24, 2.45) is 4.99 Å². The number of amides is 1. The second-order valence-corrected chi connectivity index (χ2v) is 10.4. The summed E-state index contributed by atoms with van der Waals surface area (Å²) in [5, 5.41) is 0. The van der Waals surface area contributed by atoms with E-state index in [-0.39, 0.29) is 23.6 Å². The summed E-state index contributed by atoms with van der Waals surface area (Å²) in [6, 6.07) is 11.4. The van der Waals surface area contributed by atoms with Gasteiger partial charge < -0.3 is 14.0 Å². The highest BCUT2D eigenvalue weighted by Crippen LogP contribution is 2.22. The lowest BCUT2D eigenvalue weighted by atomic mass is 10.3. The number of sulfone groups is 1. The number of carbonyl (C=O) groups excluding carboxylic acids is 2. The number of esters is 1. The molecule has 0 bridgehead atoms. The van der Waals surface area contributed by atoms with Crippen LogP contribution in [-0.4, -0.2) is 44.8 Å². The molecule has 0 saturated carbocycles. The summed E-state index contributed by atoms with van der Waals surface area (Å²) in [5.74, 6) is -0.925. The second-order valence-electron chi connectivity index (χ2n) is 6.41. The molecule has 0 aliphatic heterocycles. The van der Waals surface area contributed by atoms with Crippen molar-refractivity contribution in [1.29, 1.82) is 0 Å². The number of ether oxygens (including phenoxy) is 2. The van der Waals surface area contributed by atoms with Gasteiger partial charge in [-0.1, -0.05) is 27.3 Å². The standard InChI is InChI=1S/C20H19BrN2O6S2/c1-28-14-4-6-15(7-5-14)31(26,27)10-9-18(24)22-20-23(12-19(25)29-2)16-8-3-13(21)11-17(16)30-20/h3-8,11H,9-10,12H2,1-2H3.